The van der Waals surface area contributed by atoms with Gasteiger partial charge in [0, 0.05) is 24.1 Å². The Morgan fingerprint density at radius 1 is 1.34 bits per heavy atom. The third-order valence-corrected chi connectivity index (χ3v) is 9.76. The molecule has 1 fully saturated rings. The van der Waals surface area contributed by atoms with Crippen molar-refractivity contribution in [1.29, 1.82) is 0 Å². The highest BCUT2D eigenvalue weighted by Crippen LogP contribution is 2.27. The average molecular weight is 514 g/mol. The molecule has 1 saturated heterocycles. The zero-order chi connectivity index (χ0) is 20.6. The lowest BCUT2D eigenvalue weighted by Crippen LogP contribution is -2.42. The number of carbonyl (C=O) groups excluding carboxylic acids is 1. The number of fused-ring (bicyclic) bond motifs is 1. The number of rotatable bonds is 4. The molecule has 10 heteroatoms. The molecule has 6 nitrogen and oxygen atoms in total. The summed E-state index contributed by atoms with van der Waals surface area (Å²) in [5.41, 5.74) is 1.04. The summed E-state index contributed by atoms with van der Waals surface area (Å²) in [6.45, 7) is 3.35. The minimum atomic E-state index is -3.55. The Morgan fingerprint density at radius 2 is 2.17 bits per heavy atom. The first-order valence-corrected chi connectivity index (χ1v) is 13.2. The molecule has 1 amide bonds. The molecule has 0 aliphatic carbocycles. The van der Waals surface area contributed by atoms with E-state index >= 15 is 0 Å². The quantitative estimate of drug-likeness (QED) is 0.527. The molecule has 0 spiro atoms. The molecule has 1 aliphatic heterocycles. The van der Waals surface area contributed by atoms with E-state index in [9.17, 15) is 13.2 Å². The van der Waals surface area contributed by atoms with Gasteiger partial charge in [-0.05, 0) is 49.4 Å². The van der Waals surface area contributed by atoms with Crippen molar-refractivity contribution in [3.8, 4) is 0 Å². The van der Waals surface area contributed by atoms with Gasteiger partial charge in [-0.2, -0.15) is 9.30 Å². The third kappa shape index (κ3) is 4.13. The summed E-state index contributed by atoms with van der Waals surface area (Å²) in [5, 5.41) is 1.75. The zero-order valence-electron chi connectivity index (χ0n) is 15.7. The van der Waals surface area contributed by atoms with Crippen LogP contribution in [0.4, 0.5) is 0 Å². The largest absolute Gasteiger partial charge is 0.317 e. The van der Waals surface area contributed by atoms with Crippen molar-refractivity contribution in [3.63, 3.8) is 0 Å². The Morgan fingerprint density at radius 3 is 2.90 bits per heavy atom. The van der Waals surface area contributed by atoms with Crippen molar-refractivity contribution >= 4 is 64.8 Å². The second kappa shape index (κ2) is 8.43. The average Bonchev–Trinajstić information content (AvgIpc) is 3.35. The summed E-state index contributed by atoms with van der Waals surface area (Å²) < 4.78 is 31.4. The van der Waals surface area contributed by atoms with E-state index in [0.29, 0.717) is 34.9 Å². The predicted molar refractivity (Wildman–Crippen MR) is 120 cm³/mol. The monoisotopic (exact) mass is 513 g/mol. The van der Waals surface area contributed by atoms with E-state index in [-0.39, 0.29) is 12.5 Å². The molecule has 3 heterocycles. The van der Waals surface area contributed by atoms with Crippen LogP contribution in [0.25, 0.3) is 10.2 Å². The Hall–Kier alpha value is -1.33. The zero-order valence-corrected chi connectivity index (χ0v) is 19.8. The maximum Gasteiger partial charge on any atom is 0.252 e. The first-order valence-electron chi connectivity index (χ1n) is 9.31. The summed E-state index contributed by atoms with van der Waals surface area (Å²) in [6, 6.07) is 9.34. The number of sulfonamides is 1. The number of aryl methyl sites for hydroxylation is 1. The summed E-state index contributed by atoms with van der Waals surface area (Å²) in [6.07, 6.45) is 1.31. The molecule has 0 saturated carbocycles. The van der Waals surface area contributed by atoms with Crippen molar-refractivity contribution in [2.75, 3.05) is 13.1 Å². The standard InChI is InChI=1S/C19H20BrN3O3S3/c1-2-23-15-8-7-14(20)11-16(15)28-19(23)21-18(24)13-5-3-9-22(12-13)29(25,26)17-6-4-10-27-17/h4,6-8,10-11,13H,2-3,5,9,12H2,1H3. The fraction of sp³-hybridized carbons (Fsp3) is 0.368. The SMILES string of the molecule is CCn1c(=NC(=O)C2CCCN(S(=O)(=O)c3cccs3)C2)sc2cc(Br)ccc21. The molecule has 1 atom stereocenters. The van der Waals surface area contributed by atoms with E-state index in [4.69, 9.17) is 0 Å². The van der Waals surface area contributed by atoms with E-state index < -0.39 is 15.9 Å². The molecule has 1 aliphatic rings. The molecule has 0 radical (unpaired) electrons. The number of piperidine rings is 1. The molecule has 0 N–H and O–H groups in total. The van der Waals surface area contributed by atoms with E-state index in [1.54, 1.807) is 17.5 Å². The van der Waals surface area contributed by atoms with Crippen LogP contribution in [0.15, 0.2) is 49.4 Å². The number of thiophene rings is 1. The molecular formula is C19H20BrN3O3S3. The van der Waals surface area contributed by atoms with Crippen LogP contribution in [0.1, 0.15) is 19.8 Å². The first kappa shape index (κ1) is 20.9. The van der Waals surface area contributed by atoms with Crippen LogP contribution in [0.5, 0.6) is 0 Å². The summed E-state index contributed by atoms with van der Waals surface area (Å²) >= 11 is 6.16. The number of halogens is 1. The Labute approximate surface area is 185 Å². The normalized spacial score (nSPS) is 19.1. The lowest BCUT2D eigenvalue weighted by Gasteiger charge is -2.29. The van der Waals surface area contributed by atoms with Gasteiger partial charge in [0.2, 0.25) is 0 Å². The molecule has 29 heavy (non-hydrogen) atoms. The molecule has 3 aromatic rings. The van der Waals surface area contributed by atoms with Gasteiger partial charge in [-0.15, -0.1) is 11.3 Å². The molecule has 2 aromatic heterocycles. The minimum Gasteiger partial charge on any atom is -0.317 e. The van der Waals surface area contributed by atoms with Crippen LogP contribution in [-0.4, -0.2) is 36.3 Å². The third-order valence-electron chi connectivity index (χ3n) is 4.99. The number of benzene rings is 1. The Bertz CT molecular complexity index is 1210. The Kier molecular flexibility index (Phi) is 6.08. The number of nitrogens with zero attached hydrogens (tertiary/aromatic N) is 3. The molecule has 1 unspecified atom stereocenters. The van der Waals surface area contributed by atoms with Gasteiger partial charge in [0.25, 0.3) is 15.9 Å². The maximum atomic E-state index is 12.9. The van der Waals surface area contributed by atoms with Gasteiger partial charge >= 0.3 is 0 Å². The second-order valence-corrected chi connectivity index (χ2v) is 11.9. The Balaban J connectivity index is 1.62. The number of thiazole rings is 1. The summed E-state index contributed by atoms with van der Waals surface area (Å²) in [4.78, 5) is 18.0. The number of hydrogen-bond donors (Lipinski definition) is 0. The van der Waals surface area contributed by atoms with Crippen molar-refractivity contribution in [2.24, 2.45) is 10.9 Å². The van der Waals surface area contributed by atoms with Crippen LogP contribution in [0.3, 0.4) is 0 Å². The minimum absolute atomic E-state index is 0.186. The second-order valence-electron chi connectivity index (χ2n) is 6.83. The molecule has 1 aromatic carbocycles. The van der Waals surface area contributed by atoms with Crippen LogP contribution >= 0.6 is 38.6 Å². The van der Waals surface area contributed by atoms with Gasteiger partial charge in [0.1, 0.15) is 4.21 Å². The van der Waals surface area contributed by atoms with Gasteiger partial charge < -0.3 is 4.57 Å². The number of hydrogen-bond acceptors (Lipinski definition) is 5. The maximum absolute atomic E-state index is 12.9. The van der Waals surface area contributed by atoms with Gasteiger partial charge in [-0.1, -0.05) is 33.3 Å². The number of aromatic nitrogens is 1. The van der Waals surface area contributed by atoms with E-state index in [1.807, 2.05) is 29.7 Å². The number of carbonyl (C=O) groups is 1. The van der Waals surface area contributed by atoms with Crippen molar-refractivity contribution in [2.45, 2.75) is 30.5 Å². The first-order chi connectivity index (χ1) is 13.9. The van der Waals surface area contributed by atoms with Crippen molar-refractivity contribution in [1.82, 2.24) is 8.87 Å². The molecular weight excluding hydrogens is 494 g/mol. The van der Waals surface area contributed by atoms with E-state index in [0.717, 1.165) is 14.7 Å². The van der Waals surface area contributed by atoms with Crippen LogP contribution in [0.2, 0.25) is 0 Å². The fourth-order valence-electron chi connectivity index (χ4n) is 3.52. The van der Waals surface area contributed by atoms with Gasteiger partial charge in [-0.3, -0.25) is 4.79 Å². The van der Waals surface area contributed by atoms with Gasteiger partial charge in [-0.25, -0.2) is 8.42 Å². The van der Waals surface area contributed by atoms with Crippen LogP contribution in [-0.2, 0) is 21.4 Å². The highest BCUT2D eigenvalue weighted by Gasteiger charge is 2.33. The highest BCUT2D eigenvalue weighted by molar-refractivity contribution is 9.10. The van der Waals surface area contributed by atoms with Gasteiger partial charge in [0.05, 0.1) is 16.1 Å². The van der Waals surface area contributed by atoms with E-state index in [2.05, 4.69) is 20.9 Å². The van der Waals surface area contributed by atoms with Crippen LogP contribution < -0.4 is 4.80 Å². The topological polar surface area (TPSA) is 71.7 Å². The molecule has 4 rings (SSSR count). The van der Waals surface area contributed by atoms with E-state index in [1.165, 1.54) is 27.0 Å². The smallest absolute Gasteiger partial charge is 0.252 e. The summed E-state index contributed by atoms with van der Waals surface area (Å²) in [5.74, 6) is -0.662. The lowest BCUT2D eigenvalue weighted by atomic mass is 9.99. The highest BCUT2D eigenvalue weighted by atomic mass is 79.9. The van der Waals surface area contributed by atoms with Crippen molar-refractivity contribution < 1.29 is 13.2 Å². The summed E-state index contributed by atoms with van der Waals surface area (Å²) in [7, 11) is -3.55. The number of amides is 1. The lowest BCUT2D eigenvalue weighted by molar-refractivity contribution is -0.122. The molecule has 154 valence electrons. The predicted octanol–water partition coefficient (Wildman–Crippen LogP) is 4.07. The molecule has 0 bridgehead atoms. The van der Waals surface area contributed by atoms with Gasteiger partial charge in [0.15, 0.2) is 4.80 Å². The van der Waals surface area contributed by atoms with Crippen molar-refractivity contribution in [3.05, 3.63) is 45.0 Å². The fourth-order valence-corrected chi connectivity index (χ4v) is 7.84. The van der Waals surface area contributed by atoms with Crippen LogP contribution in [0, 0.1) is 5.92 Å².